The molecule has 0 spiro atoms. The number of halogens is 1. The number of phenolic OH excluding ortho intramolecular Hbond substituents is 1. The molecule has 4 heteroatoms. The lowest BCUT2D eigenvalue weighted by Gasteiger charge is -2.15. The lowest BCUT2D eigenvalue weighted by molar-refractivity contribution is 0.164. The Morgan fingerprint density at radius 1 is 1.38 bits per heavy atom. The molecule has 0 aromatic heterocycles. The van der Waals surface area contributed by atoms with Crippen LogP contribution in [0.5, 0.6) is 5.75 Å². The number of hydrogen-bond donors (Lipinski definition) is 3. The molecule has 1 rings (SSSR count). The molecule has 0 bridgehead atoms. The van der Waals surface area contributed by atoms with Crippen molar-refractivity contribution < 1.29 is 14.6 Å². The molecule has 0 saturated heterocycles. The molecular formula is C9H12FNO2. The predicted molar refractivity (Wildman–Crippen MR) is 46.7 cm³/mol. The summed E-state index contributed by atoms with van der Waals surface area (Å²) in [7, 11) is 0. The summed E-state index contributed by atoms with van der Waals surface area (Å²) in [5.41, 5.74) is 5.93. The van der Waals surface area contributed by atoms with Gasteiger partial charge in [0.15, 0.2) is 0 Å². The van der Waals surface area contributed by atoms with E-state index in [1.165, 1.54) is 19.1 Å². The van der Waals surface area contributed by atoms with E-state index in [1.54, 1.807) is 0 Å². The lowest BCUT2D eigenvalue weighted by Crippen LogP contribution is -2.23. The van der Waals surface area contributed by atoms with Crippen LogP contribution in [0.25, 0.3) is 0 Å². The van der Waals surface area contributed by atoms with E-state index in [0.717, 1.165) is 6.07 Å². The van der Waals surface area contributed by atoms with Crippen LogP contribution >= 0.6 is 0 Å². The van der Waals surface area contributed by atoms with Gasteiger partial charge in [0.2, 0.25) is 0 Å². The first-order valence-corrected chi connectivity index (χ1v) is 3.94. The second kappa shape index (κ2) is 3.72. The summed E-state index contributed by atoms with van der Waals surface area (Å²) in [5, 5.41) is 18.2. The Kier molecular flexibility index (Phi) is 2.85. The first kappa shape index (κ1) is 9.95. The largest absolute Gasteiger partial charge is 0.508 e. The molecule has 72 valence electrons. The predicted octanol–water partition coefficient (Wildman–Crippen LogP) is 0.912. The molecule has 13 heavy (non-hydrogen) atoms. The SMILES string of the molecule is CC(O)C(N)c1cc(O)cc(F)c1. The van der Waals surface area contributed by atoms with E-state index < -0.39 is 18.0 Å². The van der Waals surface area contributed by atoms with Crippen LogP contribution in [0.2, 0.25) is 0 Å². The normalized spacial score (nSPS) is 15.4. The van der Waals surface area contributed by atoms with E-state index in [0.29, 0.717) is 5.56 Å². The van der Waals surface area contributed by atoms with Crippen molar-refractivity contribution in [2.75, 3.05) is 0 Å². The second-order valence-electron chi connectivity index (χ2n) is 3.01. The molecule has 3 nitrogen and oxygen atoms in total. The fourth-order valence-electron chi connectivity index (χ4n) is 1.07. The zero-order valence-corrected chi connectivity index (χ0v) is 7.24. The van der Waals surface area contributed by atoms with E-state index in [-0.39, 0.29) is 5.75 Å². The molecule has 0 aliphatic rings. The molecule has 0 amide bonds. The summed E-state index contributed by atoms with van der Waals surface area (Å²) in [6, 6.07) is 2.83. The van der Waals surface area contributed by atoms with E-state index in [2.05, 4.69) is 0 Å². The van der Waals surface area contributed by atoms with Crippen molar-refractivity contribution in [1.29, 1.82) is 0 Å². The van der Waals surface area contributed by atoms with E-state index >= 15 is 0 Å². The highest BCUT2D eigenvalue weighted by molar-refractivity contribution is 5.30. The summed E-state index contributed by atoms with van der Waals surface area (Å²) >= 11 is 0. The van der Waals surface area contributed by atoms with Crippen LogP contribution in [0, 0.1) is 5.82 Å². The highest BCUT2D eigenvalue weighted by atomic mass is 19.1. The molecule has 1 aromatic carbocycles. The molecule has 0 fully saturated rings. The van der Waals surface area contributed by atoms with Gasteiger partial charge in [-0.25, -0.2) is 4.39 Å². The van der Waals surface area contributed by atoms with Gasteiger partial charge in [0.05, 0.1) is 12.1 Å². The standard InChI is InChI=1S/C9H12FNO2/c1-5(12)9(11)6-2-7(10)4-8(13)3-6/h2-5,9,12-13H,11H2,1H3. The number of hydrogen-bond acceptors (Lipinski definition) is 3. The molecule has 0 heterocycles. The molecule has 2 unspecified atom stereocenters. The van der Waals surface area contributed by atoms with Crippen molar-refractivity contribution in [3.05, 3.63) is 29.6 Å². The van der Waals surface area contributed by atoms with Crippen LogP contribution in [-0.4, -0.2) is 16.3 Å². The summed E-state index contributed by atoms with van der Waals surface area (Å²) < 4.78 is 12.8. The van der Waals surface area contributed by atoms with E-state index in [4.69, 9.17) is 15.9 Å². The van der Waals surface area contributed by atoms with Crippen molar-refractivity contribution >= 4 is 0 Å². The number of aromatic hydroxyl groups is 1. The number of nitrogens with two attached hydrogens (primary N) is 1. The van der Waals surface area contributed by atoms with Crippen molar-refractivity contribution in [1.82, 2.24) is 0 Å². The van der Waals surface area contributed by atoms with Crippen molar-refractivity contribution in [3.8, 4) is 5.75 Å². The van der Waals surface area contributed by atoms with E-state index in [1.807, 2.05) is 0 Å². The van der Waals surface area contributed by atoms with Crippen LogP contribution in [0.4, 0.5) is 4.39 Å². The number of aliphatic hydroxyl groups is 1. The third-order valence-electron chi connectivity index (χ3n) is 1.81. The second-order valence-corrected chi connectivity index (χ2v) is 3.01. The highest BCUT2D eigenvalue weighted by Crippen LogP contribution is 2.20. The summed E-state index contributed by atoms with van der Waals surface area (Å²) in [5.74, 6) is -0.753. The van der Waals surface area contributed by atoms with Crippen molar-refractivity contribution in [3.63, 3.8) is 0 Å². The van der Waals surface area contributed by atoms with Gasteiger partial charge in [-0.05, 0) is 24.6 Å². The molecule has 4 N–H and O–H groups in total. The van der Waals surface area contributed by atoms with Crippen LogP contribution in [0.3, 0.4) is 0 Å². The fourth-order valence-corrected chi connectivity index (χ4v) is 1.07. The maximum atomic E-state index is 12.8. The van der Waals surface area contributed by atoms with Gasteiger partial charge >= 0.3 is 0 Å². The number of benzene rings is 1. The van der Waals surface area contributed by atoms with Gasteiger partial charge in [-0.2, -0.15) is 0 Å². The molecule has 0 aliphatic carbocycles. The topological polar surface area (TPSA) is 66.5 Å². The molecule has 2 atom stereocenters. The summed E-state index contributed by atoms with van der Waals surface area (Å²) in [6.07, 6.45) is -0.777. The maximum absolute atomic E-state index is 12.8. The minimum Gasteiger partial charge on any atom is -0.508 e. The summed E-state index contributed by atoms with van der Waals surface area (Å²) in [4.78, 5) is 0. The van der Waals surface area contributed by atoms with Gasteiger partial charge in [-0.3, -0.25) is 0 Å². The zero-order valence-electron chi connectivity index (χ0n) is 7.24. The van der Waals surface area contributed by atoms with Gasteiger partial charge in [-0.15, -0.1) is 0 Å². The minimum absolute atomic E-state index is 0.189. The average molecular weight is 185 g/mol. The Bertz CT molecular complexity index is 281. The van der Waals surface area contributed by atoms with Crippen LogP contribution in [0.1, 0.15) is 18.5 Å². The smallest absolute Gasteiger partial charge is 0.127 e. The van der Waals surface area contributed by atoms with Gasteiger partial charge in [0, 0.05) is 6.07 Å². The number of phenols is 1. The zero-order chi connectivity index (χ0) is 10.0. The minimum atomic E-state index is -0.777. The first-order valence-electron chi connectivity index (χ1n) is 3.94. The quantitative estimate of drug-likeness (QED) is 0.641. The van der Waals surface area contributed by atoms with Crippen molar-refractivity contribution in [2.45, 2.75) is 19.1 Å². The third-order valence-corrected chi connectivity index (χ3v) is 1.81. The molecule has 0 radical (unpaired) electrons. The molecule has 0 aliphatic heterocycles. The third kappa shape index (κ3) is 2.40. The molecular weight excluding hydrogens is 173 g/mol. The Morgan fingerprint density at radius 3 is 2.46 bits per heavy atom. The molecule has 1 aromatic rings. The summed E-state index contributed by atoms with van der Waals surface area (Å²) in [6.45, 7) is 1.51. The Hall–Kier alpha value is -1.13. The van der Waals surface area contributed by atoms with Gasteiger partial charge in [0.25, 0.3) is 0 Å². The Morgan fingerprint density at radius 2 is 2.00 bits per heavy atom. The lowest BCUT2D eigenvalue weighted by atomic mass is 10.0. The van der Waals surface area contributed by atoms with E-state index in [9.17, 15) is 4.39 Å². The fraction of sp³-hybridized carbons (Fsp3) is 0.333. The van der Waals surface area contributed by atoms with Gasteiger partial charge in [0.1, 0.15) is 11.6 Å². The average Bonchev–Trinajstić information content (AvgIpc) is 2.01. The number of rotatable bonds is 2. The first-order chi connectivity index (χ1) is 6.00. The molecule has 0 saturated carbocycles. The van der Waals surface area contributed by atoms with Crippen molar-refractivity contribution in [2.24, 2.45) is 5.73 Å². The van der Waals surface area contributed by atoms with Gasteiger partial charge < -0.3 is 15.9 Å². The number of aliphatic hydroxyl groups excluding tert-OH is 1. The van der Waals surface area contributed by atoms with Crippen LogP contribution in [0.15, 0.2) is 18.2 Å². The van der Waals surface area contributed by atoms with Crippen LogP contribution in [-0.2, 0) is 0 Å². The highest BCUT2D eigenvalue weighted by Gasteiger charge is 2.13. The van der Waals surface area contributed by atoms with Crippen LogP contribution < -0.4 is 5.73 Å². The Balaban J connectivity index is 3.01. The van der Waals surface area contributed by atoms with Gasteiger partial charge in [-0.1, -0.05) is 0 Å². The maximum Gasteiger partial charge on any atom is 0.127 e. The monoisotopic (exact) mass is 185 g/mol. The Labute approximate surface area is 75.6 Å².